The largest absolute Gasteiger partial charge is 0.329 e. The number of rotatable bonds is 2. The molecule has 0 aromatic carbocycles. The predicted octanol–water partition coefficient (Wildman–Crippen LogP) is 0.749. The van der Waals surface area contributed by atoms with E-state index in [1.54, 1.807) is 20.0 Å². The van der Waals surface area contributed by atoms with Crippen molar-refractivity contribution in [3.05, 3.63) is 11.6 Å². The molecule has 0 unspecified atom stereocenters. The molecule has 3 nitrogen and oxygen atoms in total. The molecule has 0 aliphatic heterocycles. The summed E-state index contributed by atoms with van der Waals surface area (Å²) in [5, 5.41) is 0. The molecule has 0 heterocycles. The third-order valence-electron chi connectivity index (χ3n) is 1.39. The lowest BCUT2D eigenvalue weighted by Crippen LogP contribution is -2.32. The van der Waals surface area contributed by atoms with Crippen molar-refractivity contribution in [1.29, 1.82) is 0 Å². The van der Waals surface area contributed by atoms with Crippen LogP contribution < -0.4 is 5.73 Å². The van der Waals surface area contributed by atoms with Crippen LogP contribution in [0.25, 0.3) is 0 Å². The van der Waals surface area contributed by atoms with Gasteiger partial charge in [0.15, 0.2) is 0 Å². The van der Waals surface area contributed by atoms with Crippen LogP contribution in [0.2, 0.25) is 0 Å². The fourth-order valence-electron chi connectivity index (χ4n) is 0.507. The number of halogens is 1. The highest BCUT2D eigenvalue weighted by Gasteiger charge is 2.06. The molecule has 0 aromatic rings. The van der Waals surface area contributed by atoms with Crippen LogP contribution in [0.1, 0.15) is 13.8 Å². The summed E-state index contributed by atoms with van der Waals surface area (Å²) >= 11 is 0. The van der Waals surface area contributed by atoms with Crippen LogP contribution in [0.3, 0.4) is 0 Å². The lowest BCUT2D eigenvalue weighted by Gasteiger charge is -2.13. The number of likely N-dealkylation sites (N-methyl/N-ethyl adjacent to an activating group) is 1. The quantitative estimate of drug-likeness (QED) is 0.501. The van der Waals surface area contributed by atoms with E-state index >= 15 is 0 Å². The molecule has 0 saturated carbocycles. The van der Waals surface area contributed by atoms with Crippen molar-refractivity contribution >= 4 is 18.3 Å². The Hall–Kier alpha value is -0.540. The minimum Gasteiger partial charge on any atom is -0.329 e. The summed E-state index contributed by atoms with van der Waals surface area (Å²) in [4.78, 5) is 12.6. The van der Waals surface area contributed by atoms with Crippen molar-refractivity contribution < 1.29 is 4.79 Å². The molecule has 0 spiro atoms. The Morgan fingerprint density at radius 3 is 2.36 bits per heavy atom. The zero-order valence-electron chi connectivity index (χ0n) is 7.13. The van der Waals surface area contributed by atoms with Gasteiger partial charge in [0.2, 0.25) is 5.91 Å². The van der Waals surface area contributed by atoms with Crippen molar-refractivity contribution in [3.8, 4) is 0 Å². The number of hydrogen-bond acceptors (Lipinski definition) is 2. The highest BCUT2D eigenvalue weighted by atomic mass is 35.5. The fraction of sp³-hybridized carbons (Fsp3) is 0.571. The normalized spacial score (nSPS) is 10.4. The molecular weight excluding hydrogens is 164 g/mol. The first-order chi connectivity index (χ1) is 4.63. The molecule has 0 aromatic heterocycles. The average Bonchev–Trinajstić information content (AvgIpc) is 2.00. The van der Waals surface area contributed by atoms with Gasteiger partial charge in [0.05, 0.1) is 6.67 Å². The van der Waals surface area contributed by atoms with Gasteiger partial charge in [0, 0.05) is 12.6 Å². The fourth-order valence-corrected chi connectivity index (χ4v) is 0.507. The Bertz CT molecular complexity index is 157. The minimum atomic E-state index is -0.00926. The predicted molar refractivity (Wildman–Crippen MR) is 48.5 cm³/mol. The van der Waals surface area contributed by atoms with Gasteiger partial charge >= 0.3 is 0 Å². The van der Waals surface area contributed by atoms with E-state index in [-0.39, 0.29) is 25.0 Å². The van der Waals surface area contributed by atoms with E-state index in [2.05, 4.69) is 0 Å². The van der Waals surface area contributed by atoms with E-state index in [9.17, 15) is 4.79 Å². The third kappa shape index (κ3) is 4.01. The number of hydrogen-bond donors (Lipinski definition) is 1. The maximum Gasteiger partial charge on any atom is 0.249 e. The number of amides is 1. The van der Waals surface area contributed by atoms with Crippen LogP contribution >= 0.6 is 12.4 Å². The van der Waals surface area contributed by atoms with Crippen molar-refractivity contribution in [2.45, 2.75) is 13.8 Å². The van der Waals surface area contributed by atoms with E-state index < -0.39 is 0 Å². The monoisotopic (exact) mass is 178 g/mol. The summed E-state index contributed by atoms with van der Waals surface area (Å²) in [5.41, 5.74) is 5.97. The van der Waals surface area contributed by atoms with Gasteiger partial charge < -0.3 is 10.6 Å². The van der Waals surface area contributed by atoms with Crippen LogP contribution in [-0.2, 0) is 4.79 Å². The molecule has 0 atom stereocenters. The molecular formula is C7H15ClN2O. The molecule has 66 valence electrons. The van der Waals surface area contributed by atoms with Crippen LogP contribution in [0.4, 0.5) is 0 Å². The lowest BCUT2D eigenvalue weighted by molar-refractivity contribution is -0.125. The van der Waals surface area contributed by atoms with Gasteiger partial charge in [-0.1, -0.05) is 6.08 Å². The second-order valence-electron chi connectivity index (χ2n) is 2.16. The van der Waals surface area contributed by atoms with Gasteiger partial charge in [-0.2, -0.15) is 0 Å². The van der Waals surface area contributed by atoms with Gasteiger partial charge in [0.25, 0.3) is 0 Å². The highest BCUT2D eigenvalue weighted by molar-refractivity contribution is 5.92. The van der Waals surface area contributed by atoms with Gasteiger partial charge in [-0.25, -0.2) is 0 Å². The summed E-state index contributed by atoms with van der Waals surface area (Å²) in [5.74, 6) is -0.00926. The first kappa shape index (κ1) is 13.1. The zero-order valence-corrected chi connectivity index (χ0v) is 7.94. The Morgan fingerprint density at radius 1 is 1.64 bits per heavy atom. The topological polar surface area (TPSA) is 46.3 Å². The first-order valence-corrected chi connectivity index (χ1v) is 3.22. The van der Waals surface area contributed by atoms with E-state index in [0.29, 0.717) is 0 Å². The second-order valence-corrected chi connectivity index (χ2v) is 2.16. The van der Waals surface area contributed by atoms with Crippen LogP contribution in [0.5, 0.6) is 0 Å². The summed E-state index contributed by atoms with van der Waals surface area (Å²) in [6.07, 6.45) is 1.77. The first-order valence-electron chi connectivity index (χ1n) is 3.22. The standard InChI is InChI=1S/C7H14N2O.ClH/c1-4-6(2)7(10)9(3)5-8;/h4H,5,8H2,1-3H3;1H. The molecule has 0 aliphatic carbocycles. The molecule has 11 heavy (non-hydrogen) atoms. The molecule has 1 amide bonds. The summed E-state index contributed by atoms with van der Waals surface area (Å²) in [7, 11) is 1.68. The molecule has 0 aliphatic rings. The number of allylic oxidation sites excluding steroid dienone is 1. The molecule has 0 fully saturated rings. The number of carbonyl (C=O) groups excluding carboxylic acids is 1. The maximum atomic E-state index is 11.1. The Balaban J connectivity index is 0. The van der Waals surface area contributed by atoms with E-state index in [1.807, 2.05) is 6.92 Å². The van der Waals surface area contributed by atoms with Gasteiger partial charge in [0.1, 0.15) is 0 Å². The smallest absolute Gasteiger partial charge is 0.249 e. The summed E-state index contributed by atoms with van der Waals surface area (Å²) in [6, 6.07) is 0. The SMILES string of the molecule is CC=C(C)C(=O)N(C)CN.Cl. The molecule has 0 rings (SSSR count). The van der Waals surface area contributed by atoms with Gasteiger partial charge in [-0.3, -0.25) is 4.79 Å². The van der Waals surface area contributed by atoms with Crippen LogP contribution in [0, 0.1) is 0 Å². The van der Waals surface area contributed by atoms with E-state index in [0.717, 1.165) is 5.57 Å². The lowest BCUT2D eigenvalue weighted by atomic mass is 10.2. The van der Waals surface area contributed by atoms with Crippen molar-refractivity contribution in [1.82, 2.24) is 4.90 Å². The summed E-state index contributed by atoms with van der Waals surface area (Å²) in [6.45, 7) is 3.87. The Kier molecular flexibility index (Phi) is 7.36. The van der Waals surface area contributed by atoms with Crippen LogP contribution in [-0.4, -0.2) is 24.5 Å². The third-order valence-corrected chi connectivity index (χ3v) is 1.39. The Labute approximate surface area is 73.7 Å². The van der Waals surface area contributed by atoms with Gasteiger partial charge in [-0.15, -0.1) is 12.4 Å². The van der Waals surface area contributed by atoms with Crippen LogP contribution in [0.15, 0.2) is 11.6 Å². The highest BCUT2D eigenvalue weighted by Crippen LogP contribution is 1.95. The molecule has 0 radical (unpaired) electrons. The number of carbonyl (C=O) groups is 1. The van der Waals surface area contributed by atoms with E-state index in [4.69, 9.17) is 5.73 Å². The van der Waals surface area contributed by atoms with Crippen molar-refractivity contribution in [2.75, 3.05) is 13.7 Å². The Morgan fingerprint density at radius 2 is 2.09 bits per heavy atom. The molecule has 0 saturated heterocycles. The zero-order chi connectivity index (χ0) is 8.15. The van der Waals surface area contributed by atoms with Gasteiger partial charge in [-0.05, 0) is 13.8 Å². The number of nitrogens with two attached hydrogens (primary N) is 1. The molecule has 2 N–H and O–H groups in total. The number of nitrogens with zero attached hydrogens (tertiary/aromatic N) is 1. The molecule has 4 heteroatoms. The average molecular weight is 179 g/mol. The second kappa shape index (κ2) is 6.19. The molecule has 0 bridgehead atoms. The van der Waals surface area contributed by atoms with E-state index in [1.165, 1.54) is 4.90 Å². The minimum absolute atomic E-state index is 0. The maximum absolute atomic E-state index is 11.1. The van der Waals surface area contributed by atoms with Crippen molar-refractivity contribution in [3.63, 3.8) is 0 Å². The summed E-state index contributed by atoms with van der Waals surface area (Å²) < 4.78 is 0. The van der Waals surface area contributed by atoms with Crippen molar-refractivity contribution in [2.24, 2.45) is 5.73 Å².